The highest BCUT2D eigenvalue weighted by molar-refractivity contribution is 5.98. The lowest BCUT2D eigenvalue weighted by atomic mass is 10.3. The van der Waals surface area contributed by atoms with Gasteiger partial charge in [-0.05, 0) is 26.0 Å². The second-order valence-corrected chi connectivity index (χ2v) is 3.55. The van der Waals surface area contributed by atoms with Crippen LogP contribution in [0, 0.1) is 0 Å². The van der Waals surface area contributed by atoms with E-state index < -0.39 is 12.1 Å². The van der Waals surface area contributed by atoms with E-state index in [4.69, 9.17) is 5.11 Å². The molecule has 0 fully saturated rings. The molecule has 1 rings (SSSR count). The maximum absolute atomic E-state index is 11.2. The van der Waals surface area contributed by atoms with E-state index in [1.807, 2.05) is 0 Å². The Morgan fingerprint density at radius 2 is 1.56 bits per heavy atom. The number of anilines is 1. The Morgan fingerprint density at radius 3 is 1.94 bits per heavy atom. The average molecular weight is 252 g/mol. The number of carboxylic acid groups (broad SMARTS) is 1. The number of para-hydroxylation sites is 1. The summed E-state index contributed by atoms with van der Waals surface area (Å²) >= 11 is 0. The molecule has 0 unspecified atom stereocenters. The highest BCUT2D eigenvalue weighted by Gasteiger charge is 2.14. The van der Waals surface area contributed by atoms with Gasteiger partial charge in [-0.25, -0.2) is 14.5 Å². The number of urea groups is 1. The standard InChI is InChI=1S/C9H10N2O3.C3H6O/c1-11(9(13)14)8(12)10-7-5-3-2-4-6-7;1-3(2)4/h2-6H,1H3,(H,10,12)(H,13,14);1-2H3. The Labute approximate surface area is 105 Å². The number of imide groups is 1. The summed E-state index contributed by atoms with van der Waals surface area (Å²) in [6.45, 7) is 3.06. The molecule has 0 bridgehead atoms. The molecule has 0 atom stereocenters. The minimum atomic E-state index is -1.29. The third kappa shape index (κ3) is 7.00. The van der Waals surface area contributed by atoms with Gasteiger partial charge in [-0.1, -0.05) is 18.2 Å². The van der Waals surface area contributed by atoms with E-state index in [9.17, 15) is 14.4 Å². The van der Waals surface area contributed by atoms with Crippen LogP contribution in [0.4, 0.5) is 15.3 Å². The summed E-state index contributed by atoms with van der Waals surface area (Å²) < 4.78 is 0. The minimum absolute atomic E-state index is 0.167. The Kier molecular flexibility index (Phi) is 6.80. The molecule has 0 aliphatic carbocycles. The van der Waals surface area contributed by atoms with Gasteiger partial charge in [-0.2, -0.15) is 0 Å². The van der Waals surface area contributed by atoms with Crippen LogP contribution in [-0.4, -0.2) is 35.0 Å². The fourth-order valence-electron chi connectivity index (χ4n) is 0.816. The molecule has 0 spiro atoms. The van der Waals surface area contributed by atoms with Crippen molar-refractivity contribution >= 4 is 23.6 Å². The third-order valence-electron chi connectivity index (χ3n) is 1.62. The number of carbonyl (C=O) groups is 3. The van der Waals surface area contributed by atoms with Crippen molar-refractivity contribution in [3.8, 4) is 0 Å². The first-order valence-corrected chi connectivity index (χ1v) is 5.14. The Hall–Kier alpha value is -2.37. The number of amides is 3. The second kappa shape index (κ2) is 7.83. The first-order valence-electron chi connectivity index (χ1n) is 5.14. The summed E-state index contributed by atoms with van der Waals surface area (Å²) in [5, 5.41) is 10.9. The van der Waals surface area contributed by atoms with Crippen LogP contribution in [-0.2, 0) is 4.79 Å². The number of benzene rings is 1. The summed E-state index contributed by atoms with van der Waals surface area (Å²) in [5.74, 6) is 0.167. The monoisotopic (exact) mass is 252 g/mol. The normalized spacial score (nSPS) is 8.61. The summed E-state index contributed by atoms with van der Waals surface area (Å²) in [6.07, 6.45) is -1.29. The van der Waals surface area contributed by atoms with E-state index in [1.165, 1.54) is 20.9 Å². The predicted molar refractivity (Wildman–Crippen MR) is 67.6 cm³/mol. The number of nitrogens with zero attached hydrogens (tertiary/aromatic N) is 1. The maximum Gasteiger partial charge on any atom is 0.415 e. The minimum Gasteiger partial charge on any atom is -0.465 e. The van der Waals surface area contributed by atoms with E-state index in [0.29, 0.717) is 10.6 Å². The van der Waals surface area contributed by atoms with Gasteiger partial charge in [0.05, 0.1) is 0 Å². The van der Waals surface area contributed by atoms with Crippen LogP contribution in [0.15, 0.2) is 30.3 Å². The fraction of sp³-hybridized carbons (Fsp3) is 0.250. The van der Waals surface area contributed by atoms with Gasteiger partial charge in [0.2, 0.25) is 0 Å². The average Bonchev–Trinajstić information content (AvgIpc) is 2.28. The van der Waals surface area contributed by atoms with Crippen LogP contribution in [0.2, 0.25) is 0 Å². The van der Waals surface area contributed by atoms with Gasteiger partial charge in [0, 0.05) is 12.7 Å². The zero-order valence-electron chi connectivity index (χ0n) is 10.5. The topological polar surface area (TPSA) is 86.7 Å². The van der Waals surface area contributed by atoms with E-state index in [1.54, 1.807) is 30.3 Å². The molecule has 18 heavy (non-hydrogen) atoms. The number of hydrogen-bond donors (Lipinski definition) is 2. The predicted octanol–water partition coefficient (Wildman–Crippen LogP) is 2.42. The largest absolute Gasteiger partial charge is 0.465 e. The lowest BCUT2D eigenvalue weighted by Gasteiger charge is -2.11. The summed E-state index contributed by atoms with van der Waals surface area (Å²) in [6, 6.07) is 7.97. The third-order valence-corrected chi connectivity index (χ3v) is 1.62. The quantitative estimate of drug-likeness (QED) is 0.803. The van der Waals surface area contributed by atoms with Crippen LogP contribution in [0.25, 0.3) is 0 Å². The summed E-state index contributed by atoms with van der Waals surface area (Å²) in [4.78, 5) is 31.6. The summed E-state index contributed by atoms with van der Waals surface area (Å²) in [5.41, 5.74) is 0.561. The smallest absolute Gasteiger partial charge is 0.415 e. The zero-order chi connectivity index (χ0) is 14.1. The van der Waals surface area contributed by atoms with E-state index in [0.717, 1.165) is 0 Å². The molecule has 0 radical (unpaired) electrons. The maximum atomic E-state index is 11.2. The van der Waals surface area contributed by atoms with Crippen molar-refractivity contribution in [1.82, 2.24) is 4.90 Å². The van der Waals surface area contributed by atoms with Crippen LogP contribution in [0.3, 0.4) is 0 Å². The second-order valence-electron chi connectivity index (χ2n) is 3.55. The number of carbonyl (C=O) groups excluding carboxylic acids is 2. The molecular weight excluding hydrogens is 236 g/mol. The molecule has 0 saturated carbocycles. The van der Waals surface area contributed by atoms with Gasteiger partial charge in [-0.15, -0.1) is 0 Å². The van der Waals surface area contributed by atoms with Crippen molar-refractivity contribution in [1.29, 1.82) is 0 Å². The van der Waals surface area contributed by atoms with Gasteiger partial charge in [0.15, 0.2) is 0 Å². The van der Waals surface area contributed by atoms with Crippen LogP contribution >= 0.6 is 0 Å². The number of nitrogens with one attached hydrogen (secondary N) is 1. The Morgan fingerprint density at radius 1 is 1.11 bits per heavy atom. The van der Waals surface area contributed by atoms with E-state index >= 15 is 0 Å². The molecule has 3 amide bonds. The van der Waals surface area contributed by atoms with Gasteiger partial charge in [0.1, 0.15) is 5.78 Å². The lowest BCUT2D eigenvalue weighted by molar-refractivity contribution is -0.115. The number of rotatable bonds is 1. The van der Waals surface area contributed by atoms with Gasteiger partial charge < -0.3 is 15.2 Å². The molecule has 2 N–H and O–H groups in total. The molecule has 0 saturated heterocycles. The van der Waals surface area contributed by atoms with Crippen molar-refractivity contribution in [2.45, 2.75) is 13.8 Å². The molecule has 98 valence electrons. The molecule has 0 aromatic heterocycles. The Bertz CT molecular complexity index is 413. The lowest BCUT2D eigenvalue weighted by Crippen LogP contribution is -2.35. The van der Waals surface area contributed by atoms with Gasteiger partial charge in [-0.3, -0.25) is 0 Å². The fourth-order valence-corrected chi connectivity index (χ4v) is 0.816. The van der Waals surface area contributed by atoms with E-state index in [2.05, 4.69) is 5.32 Å². The number of Topliss-reactive ketones (excluding diaryl/α,β-unsaturated/α-hetero) is 1. The molecule has 0 aliphatic heterocycles. The molecule has 1 aromatic carbocycles. The van der Waals surface area contributed by atoms with E-state index in [-0.39, 0.29) is 5.78 Å². The highest BCUT2D eigenvalue weighted by Crippen LogP contribution is 2.05. The molecule has 0 aliphatic rings. The van der Waals surface area contributed by atoms with Crippen molar-refractivity contribution in [3.05, 3.63) is 30.3 Å². The number of hydrogen-bond acceptors (Lipinski definition) is 3. The van der Waals surface area contributed by atoms with Crippen LogP contribution in [0.1, 0.15) is 13.8 Å². The van der Waals surface area contributed by atoms with Crippen molar-refractivity contribution in [3.63, 3.8) is 0 Å². The molecule has 0 heterocycles. The molecule has 6 nitrogen and oxygen atoms in total. The molecule has 1 aromatic rings. The van der Waals surface area contributed by atoms with Crippen molar-refractivity contribution in [2.24, 2.45) is 0 Å². The Balaban J connectivity index is 0.000000631. The number of ketones is 1. The SMILES string of the molecule is CC(C)=O.CN(C(=O)O)C(=O)Nc1ccccc1. The van der Waals surface area contributed by atoms with Crippen LogP contribution < -0.4 is 5.32 Å². The molecule has 6 heteroatoms. The zero-order valence-corrected chi connectivity index (χ0v) is 10.5. The molecular formula is C12H16N2O4. The van der Waals surface area contributed by atoms with Crippen LogP contribution in [0.5, 0.6) is 0 Å². The first kappa shape index (κ1) is 15.6. The van der Waals surface area contributed by atoms with Crippen molar-refractivity contribution < 1.29 is 19.5 Å². The van der Waals surface area contributed by atoms with Gasteiger partial charge in [0.25, 0.3) is 0 Å². The van der Waals surface area contributed by atoms with Crippen molar-refractivity contribution in [2.75, 3.05) is 12.4 Å². The highest BCUT2D eigenvalue weighted by atomic mass is 16.4. The first-order chi connectivity index (χ1) is 8.34. The summed E-state index contributed by atoms with van der Waals surface area (Å²) in [7, 11) is 1.18. The van der Waals surface area contributed by atoms with Gasteiger partial charge >= 0.3 is 12.1 Å².